The van der Waals surface area contributed by atoms with Crippen LogP contribution in [0.5, 0.6) is 0 Å². The minimum atomic E-state index is -2.37. The number of aliphatic hydroxyl groups excluding tert-OH is 1. The van der Waals surface area contributed by atoms with Crippen molar-refractivity contribution in [3.05, 3.63) is 10.2 Å². The summed E-state index contributed by atoms with van der Waals surface area (Å²) in [5.41, 5.74) is 0. The zero-order valence-electron chi connectivity index (χ0n) is 21.6. The van der Waals surface area contributed by atoms with Gasteiger partial charge in [0, 0.05) is 0 Å². The van der Waals surface area contributed by atoms with Crippen molar-refractivity contribution in [2.45, 2.75) is 138 Å². The van der Waals surface area contributed by atoms with Crippen LogP contribution in [0.3, 0.4) is 0 Å². The van der Waals surface area contributed by atoms with Gasteiger partial charge in [0.1, 0.15) is 0 Å². The first-order valence-electron chi connectivity index (χ1n) is 12.4. The van der Waals surface area contributed by atoms with Crippen molar-refractivity contribution in [3.8, 4) is 0 Å². The van der Waals surface area contributed by atoms with Crippen LogP contribution in [-0.4, -0.2) is 44.0 Å². The molecule has 2 nitrogen and oxygen atoms in total. The van der Waals surface area contributed by atoms with E-state index in [0.29, 0.717) is 0 Å². The van der Waals surface area contributed by atoms with Crippen LogP contribution in [0.2, 0.25) is 31.4 Å². The Morgan fingerprint density at radius 1 is 0.897 bits per heavy atom. The number of hydrogen-bond acceptors (Lipinski definition) is 2. The Kier molecular flexibility index (Phi) is 14.3. The topological polar surface area (TPSA) is 29.5 Å². The van der Waals surface area contributed by atoms with E-state index in [1.165, 1.54) is 51.8 Å². The molecule has 1 N–H and O–H groups in total. The summed E-state index contributed by atoms with van der Waals surface area (Å²) >= 11 is -2.37. The fraction of sp³-hybridized carbons (Fsp3) is 0.920. The van der Waals surface area contributed by atoms with E-state index < -0.39 is 32.8 Å². The van der Waals surface area contributed by atoms with Crippen LogP contribution >= 0.6 is 0 Å². The summed E-state index contributed by atoms with van der Waals surface area (Å²) in [5, 5.41) is 11.2. The Labute approximate surface area is 189 Å². The second kappa shape index (κ2) is 14.0. The Morgan fingerprint density at radius 2 is 1.31 bits per heavy atom. The van der Waals surface area contributed by atoms with Crippen molar-refractivity contribution in [2.75, 3.05) is 0 Å². The Hall–Kier alpha value is 0.676. The second-order valence-electron chi connectivity index (χ2n) is 11.1. The van der Waals surface area contributed by atoms with E-state index in [4.69, 9.17) is 4.43 Å². The average Bonchev–Trinajstić information content (AvgIpc) is 2.64. The van der Waals surface area contributed by atoms with Gasteiger partial charge in [-0.25, -0.2) is 0 Å². The number of hydrogen-bond donors (Lipinski definition) is 1. The molecule has 0 saturated carbocycles. The molecule has 0 radical (unpaired) electrons. The number of rotatable bonds is 15. The molecule has 0 aliphatic heterocycles. The SMILES string of the molecule is CCC[CH2][Sn](/[CH]=C/[C@@H](O[Si](C)(C)C(C)(C)C)[C@@H](O)C(C)C)([CH2]CCC)[CH2]CCC. The molecular formula is C25H54O2SiSn. The molecule has 174 valence electrons. The maximum absolute atomic E-state index is 11.0. The summed E-state index contributed by atoms with van der Waals surface area (Å²) in [6.45, 7) is 22.7. The van der Waals surface area contributed by atoms with Crippen LogP contribution in [0, 0.1) is 5.92 Å². The molecule has 0 aromatic carbocycles. The van der Waals surface area contributed by atoms with E-state index >= 15 is 0 Å². The molecule has 0 bridgehead atoms. The van der Waals surface area contributed by atoms with Crippen molar-refractivity contribution in [3.63, 3.8) is 0 Å². The van der Waals surface area contributed by atoms with Crippen molar-refractivity contribution in [1.82, 2.24) is 0 Å². The predicted octanol–water partition coefficient (Wildman–Crippen LogP) is 8.34. The predicted molar refractivity (Wildman–Crippen MR) is 137 cm³/mol. The number of unbranched alkanes of at least 4 members (excludes halogenated alkanes) is 3. The summed E-state index contributed by atoms with van der Waals surface area (Å²) in [5.74, 6) is 0.209. The molecule has 0 aromatic rings. The molecule has 4 heteroatoms. The normalized spacial score (nSPS) is 16.0. The Balaban J connectivity index is 5.86. The molecule has 0 aliphatic carbocycles. The van der Waals surface area contributed by atoms with Crippen molar-refractivity contribution in [2.24, 2.45) is 5.92 Å². The monoisotopic (exact) mass is 534 g/mol. The van der Waals surface area contributed by atoms with Crippen molar-refractivity contribution >= 4 is 26.7 Å². The molecule has 0 fully saturated rings. The van der Waals surface area contributed by atoms with Gasteiger partial charge in [0.25, 0.3) is 0 Å². The van der Waals surface area contributed by atoms with Gasteiger partial charge in [0.05, 0.1) is 0 Å². The van der Waals surface area contributed by atoms with Crippen LogP contribution in [0.4, 0.5) is 0 Å². The first kappa shape index (κ1) is 29.7. The van der Waals surface area contributed by atoms with Gasteiger partial charge in [-0.05, 0) is 0 Å². The quantitative estimate of drug-likeness (QED) is 0.215. The average molecular weight is 534 g/mol. The molecule has 0 heterocycles. The fourth-order valence-corrected chi connectivity index (χ4v) is 19.2. The summed E-state index contributed by atoms with van der Waals surface area (Å²) in [7, 11) is -1.94. The third-order valence-corrected chi connectivity index (χ3v) is 25.6. The summed E-state index contributed by atoms with van der Waals surface area (Å²) in [6.07, 6.45) is 9.76. The molecule has 29 heavy (non-hydrogen) atoms. The van der Waals surface area contributed by atoms with E-state index in [1.807, 2.05) is 0 Å². The van der Waals surface area contributed by atoms with Gasteiger partial charge in [0.2, 0.25) is 0 Å². The van der Waals surface area contributed by atoms with E-state index in [0.717, 1.165) is 0 Å². The molecule has 0 amide bonds. The summed E-state index contributed by atoms with van der Waals surface area (Å²) in [4.78, 5) is 0. The summed E-state index contributed by atoms with van der Waals surface area (Å²) < 4.78 is 13.8. The van der Waals surface area contributed by atoms with Crippen LogP contribution in [0.15, 0.2) is 10.2 Å². The van der Waals surface area contributed by atoms with Gasteiger partial charge < -0.3 is 0 Å². The summed E-state index contributed by atoms with van der Waals surface area (Å²) in [6, 6.07) is 0. The third kappa shape index (κ3) is 10.7. The maximum atomic E-state index is 11.0. The minimum absolute atomic E-state index is 0.156. The fourth-order valence-electron chi connectivity index (χ4n) is 3.63. The van der Waals surface area contributed by atoms with Gasteiger partial charge in [0.15, 0.2) is 0 Å². The van der Waals surface area contributed by atoms with E-state index in [1.54, 1.807) is 0 Å². The first-order valence-corrected chi connectivity index (χ1v) is 23.0. The van der Waals surface area contributed by atoms with E-state index in [9.17, 15) is 5.11 Å². The molecule has 0 aromatic heterocycles. The van der Waals surface area contributed by atoms with Crippen LogP contribution in [-0.2, 0) is 4.43 Å². The Morgan fingerprint density at radius 3 is 1.62 bits per heavy atom. The molecule has 2 atom stereocenters. The molecule has 0 unspecified atom stereocenters. The first-order chi connectivity index (χ1) is 13.4. The molecule has 0 aliphatic rings. The van der Waals surface area contributed by atoms with Crippen LogP contribution in [0.25, 0.3) is 0 Å². The van der Waals surface area contributed by atoms with Gasteiger partial charge in [-0.15, -0.1) is 0 Å². The van der Waals surface area contributed by atoms with Gasteiger partial charge in [-0.1, -0.05) is 0 Å². The standard InChI is InChI=1S/C13H27O2Si.3C4H9.Sn/c1-9-11(12(14)10(2)3)15-16(7,8)13(4,5)6;3*1-3-4-2;/h1,9-12,14H,2-8H3;3*1,3-4H2,2H3;/t11-,12+;;;;/m1..../s1. The van der Waals surface area contributed by atoms with Gasteiger partial charge >= 0.3 is 190 Å². The molecule has 0 rings (SSSR count). The van der Waals surface area contributed by atoms with Gasteiger partial charge in [-0.2, -0.15) is 0 Å². The van der Waals surface area contributed by atoms with E-state index in [2.05, 4.69) is 78.7 Å². The van der Waals surface area contributed by atoms with E-state index in [-0.39, 0.29) is 17.1 Å². The second-order valence-corrected chi connectivity index (χ2v) is 28.9. The number of aliphatic hydroxyl groups is 1. The molecular weight excluding hydrogens is 479 g/mol. The third-order valence-electron chi connectivity index (χ3n) is 6.98. The van der Waals surface area contributed by atoms with Crippen molar-refractivity contribution in [1.29, 1.82) is 0 Å². The molecule has 0 saturated heterocycles. The van der Waals surface area contributed by atoms with Crippen molar-refractivity contribution < 1.29 is 9.53 Å². The van der Waals surface area contributed by atoms with Gasteiger partial charge in [-0.3, -0.25) is 0 Å². The van der Waals surface area contributed by atoms with Crippen LogP contribution < -0.4 is 0 Å². The zero-order chi connectivity index (χ0) is 22.7. The van der Waals surface area contributed by atoms with Crippen LogP contribution in [0.1, 0.15) is 93.9 Å². The zero-order valence-corrected chi connectivity index (χ0v) is 25.5. The Bertz CT molecular complexity index is 432. The molecule has 0 spiro atoms.